The van der Waals surface area contributed by atoms with Crippen molar-refractivity contribution < 1.29 is 26.4 Å². The third-order valence-corrected chi connectivity index (χ3v) is 2.96. The summed E-state index contributed by atoms with van der Waals surface area (Å²) in [7, 11) is 1.36. The van der Waals surface area contributed by atoms with E-state index in [0.29, 0.717) is 5.56 Å². The minimum atomic E-state index is -2.16. The molecule has 1 aromatic heterocycles. The molecule has 1 atom stereocenters. The Morgan fingerprint density at radius 2 is 1.55 bits per heavy atom. The first kappa shape index (κ1) is 14.5. The Morgan fingerprint density at radius 3 is 2.00 bits per heavy atom. The fraction of sp³-hybridized carbons (Fsp3) is 0.231. The molecule has 108 valence electrons. The zero-order chi connectivity index (χ0) is 14.9. The number of hydrogen-bond acceptors (Lipinski definition) is 2. The van der Waals surface area contributed by atoms with Gasteiger partial charge in [-0.1, -0.05) is 0 Å². The number of rotatable bonds is 4. The third-order valence-electron chi connectivity index (χ3n) is 2.96. The van der Waals surface area contributed by atoms with Crippen molar-refractivity contribution in [1.29, 1.82) is 0 Å². The van der Waals surface area contributed by atoms with Crippen LogP contribution in [0.1, 0.15) is 17.2 Å². The van der Waals surface area contributed by atoms with Gasteiger partial charge in [0.2, 0.25) is 5.82 Å². The number of nitrogens with one attached hydrogen (secondary N) is 1. The standard InChI is InChI=1S/C13H10F5NO/c1-19-7(4-6-2-3-20-5-6)8-9(14)11(16)13(18)12(17)10(8)15/h2-3,5,7,19H,4H2,1H3. The predicted molar refractivity (Wildman–Crippen MR) is 60.4 cm³/mol. The highest BCUT2D eigenvalue weighted by Crippen LogP contribution is 2.29. The molecule has 0 radical (unpaired) electrons. The molecular formula is C13H10F5NO. The van der Waals surface area contributed by atoms with Crippen molar-refractivity contribution in [3.63, 3.8) is 0 Å². The number of halogens is 5. The number of benzene rings is 1. The summed E-state index contributed by atoms with van der Waals surface area (Å²) in [5.41, 5.74) is -0.321. The van der Waals surface area contributed by atoms with E-state index in [9.17, 15) is 22.0 Å². The molecule has 0 aliphatic carbocycles. The molecule has 2 nitrogen and oxygen atoms in total. The second-order valence-corrected chi connectivity index (χ2v) is 4.16. The van der Waals surface area contributed by atoms with E-state index in [1.165, 1.54) is 25.6 Å². The molecular weight excluding hydrogens is 281 g/mol. The van der Waals surface area contributed by atoms with Crippen LogP contribution < -0.4 is 5.32 Å². The van der Waals surface area contributed by atoms with Crippen molar-refractivity contribution in [1.82, 2.24) is 5.32 Å². The van der Waals surface area contributed by atoms with Gasteiger partial charge in [0, 0.05) is 11.6 Å². The fourth-order valence-corrected chi connectivity index (χ4v) is 1.92. The summed E-state index contributed by atoms with van der Waals surface area (Å²) in [6.07, 6.45) is 2.70. The molecule has 1 unspecified atom stereocenters. The zero-order valence-corrected chi connectivity index (χ0v) is 10.3. The summed E-state index contributed by atoms with van der Waals surface area (Å²) in [5.74, 6) is -9.73. The Morgan fingerprint density at radius 1 is 1.00 bits per heavy atom. The van der Waals surface area contributed by atoms with Gasteiger partial charge in [0.15, 0.2) is 23.3 Å². The van der Waals surface area contributed by atoms with E-state index in [2.05, 4.69) is 5.32 Å². The van der Waals surface area contributed by atoms with Crippen LogP contribution in [0.4, 0.5) is 22.0 Å². The van der Waals surface area contributed by atoms with Crippen LogP contribution in [0.25, 0.3) is 0 Å². The first-order chi connectivity index (χ1) is 9.47. The van der Waals surface area contributed by atoms with Gasteiger partial charge in [-0.3, -0.25) is 0 Å². The van der Waals surface area contributed by atoms with Crippen LogP contribution in [0.3, 0.4) is 0 Å². The molecule has 1 N–H and O–H groups in total. The van der Waals surface area contributed by atoms with Crippen LogP contribution >= 0.6 is 0 Å². The maximum atomic E-state index is 13.7. The number of furan rings is 1. The monoisotopic (exact) mass is 291 g/mol. The summed E-state index contributed by atoms with van der Waals surface area (Å²) in [4.78, 5) is 0. The molecule has 2 aromatic rings. The highest BCUT2D eigenvalue weighted by atomic mass is 19.2. The normalized spacial score (nSPS) is 12.7. The van der Waals surface area contributed by atoms with Gasteiger partial charge in [-0.05, 0) is 25.1 Å². The van der Waals surface area contributed by atoms with Crippen molar-refractivity contribution in [2.24, 2.45) is 0 Å². The van der Waals surface area contributed by atoms with Gasteiger partial charge in [0.25, 0.3) is 0 Å². The van der Waals surface area contributed by atoms with E-state index in [4.69, 9.17) is 4.42 Å². The maximum absolute atomic E-state index is 13.7. The molecule has 20 heavy (non-hydrogen) atoms. The van der Waals surface area contributed by atoms with Gasteiger partial charge in [-0.2, -0.15) is 0 Å². The van der Waals surface area contributed by atoms with Gasteiger partial charge in [-0.15, -0.1) is 0 Å². The van der Waals surface area contributed by atoms with E-state index in [1.807, 2.05) is 0 Å². The Balaban J connectivity index is 2.49. The first-order valence-electron chi connectivity index (χ1n) is 5.67. The van der Waals surface area contributed by atoms with Gasteiger partial charge in [-0.25, -0.2) is 22.0 Å². The second kappa shape index (κ2) is 5.62. The molecule has 0 fully saturated rings. The van der Waals surface area contributed by atoms with Crippen molar-refractivity contribution in [2.75, 3.05) is 7.05 Å². The van der Waals surface area contributed by atoms with Crippen LogP contribution in [0.2, 0.25) is 0 Å². The Bertz CT molecular complexity index is 583. The minimum Gasteiger partial charge on any atom is -0.472 e. The van der Waals surface area contributed by atoms with Crippen LogP contribution in [0.5, 0.6) is 0 Å². The van der Waals surface area contributed by atoms with Crippen molar-refractivity contribution in [3.05, 3.63) is 58.8 Å². The average molecular weight is 291 g/mol. The largest absolute Gasteiger partial charge is 0.472 e. The molecule has 0 aliphatic heterocycles. The quantitative estimate of drug-likeness (QED) is 0.530. The van der Waals surface area contributed by atoms with E-state index < -0.39 is 40.7 Å². The smallest absolute Gasteiger partial charge is 0.200 e. The van der Waals surface area contributed by atoms with Crippen LogP contribution in [-0.4, -0.2) is 7.05 Å². The van der Waals surface area contributed by atoms with E-state index in [0.717, 1.165) is 0 Å². The summed E-state index contributed by atoms with van der Waals surface area (Å²) in [6.45, 7) is 0. The summed E-state index contributed by atoms with van der Waals surface area (Å²) >= 11 is 0. The lowest BCUT2D eigenvalue weighted by Gasteiger charge is -2.18. The van der Waals surface area contributed by atoms with E-state index in [1.54, 1.807) is 0 Å². The molecule has 7 heteroatoms. The zero-order valence-electron chi connectivity index (χ0n) is 10.3. The molecule has 0 spiro atoms. The van der Waals surface area contributed by atoms with Crippen molar-refractivity contribution in [3.8, 4) is 0 Å². The average Bonchev–Trinajstić information content (AvgIpc) is 2.95. The van der Waals surface area contributed by atoms with Crippen molar-refractivity contribution >= 4 is 0 Å². The second-order valence-electron chi connectivity index (χ2n) is 4.16. The molecule has 0 amide bonds. The molecule has 1 heterocycles. The summed E-state index contributed by atoms with van der Waals surface area (Å²) < 4.78 is 71.5. The molecule has 0 saturated heterocycles. The lowest BCUT2D eigenvalue weighted by atomic mass is 9.99. The highest BCUT2D eigenvalue weighted by molar-refractivity contribution is 5.28. The van der Waals surface area contributed by atoms with Gasteiger partial charge < -0.3 is 9.73 Å². The SMILES string of the molecule is CNC(Cc1ccoc1)c1c(F)c(F)c(F)c(F)c1F. The van der Waals surface area contributed by atoms with Crippen molar-refractivity contribution in [2.45, 2.75) is 12.5 Å². The van der Waals surface area contributed by atoms with Crippen LogP contribution in [-0.2, 0) is 6.42 Å². The first-order valence-corrected chi connectivity index (χ1v) is 5.67. The van der Waals surface area contributed by atoms with Gasteiger partial charge in [0.1, 0.15) is 0 Å². The van der Waals surface area contributed by atoms with Crippen LogP contribution in [0.15, 0.2) is 23.0 Å². The number of likely N-dealkylation sites (N-methyl/N-ethyl adjacent to an activating group) is 1. The van der Waals surface area contributed by atoms with Crippen LogP contribution in [0, 0.1) is 29.1 Å². The van der Waals surface area contributed by atoms with Gasteiger partial charge >= 0.3 is 0 Å². The van der Waals surface area contributed by atoms with E-state index in [-0.39, 0.29) is 6.42 Å². The summed E-state index contributed by atoms with van der Waals surface area (Å²) in [5, 5.41) is 2.53. The molecule has 2 rings (SSSR count). The molecule has 1 aromatic carbocycles. The van der Waals surface area contributed by atoms with Gasteiger partial charge in [0.05, 0.1) is 12.5 Å². The number of hydrogen-bond donors (Lipinski definition) is 1. The lowest BCUT2D eigenvalue weighted by Crippen LogP contribution is -2.23. The Kier molecular flexibility index (Phi) is 4.08. The Labute approximate surface area is 111 Å². The molecule has 0 bridgehead atoms. The van der Waals surface area contributed by atoms with E-state index >= 15 is 0 Å². The Hall–Kier alpha value is -1.89. The molecule has 0 aliphatic rings. The third kappa shape index (κ3) is 2.40. The minimum absolute atomic E-state index is 0.0192. The maximum Gasteiger partial charge on any atom is 0.200 e. The predicted octanol–water partition coefficient (Wildman–Crippen LogP) is 3.48. The highest BCUT2D eigenvalue weighted by Gasteiger charge is 2.29. The summed E-state index contributed by atoms with van der Waals surface area (Å²) in [6, 6.07) is 0.466. The fourth-order valence-electron chi connectivity index (χ4n) is 1.92. The lowest BCUT2D eigenvalue weighted by molar-refractivity contribution is 0.358. The topological polar surface area (TPSA) is 25.2 Å². The molecule has 0 saturated carbocycles.